The van der Waals surface area contributed by atoms with Gasteiger partial charge in [-0.05, 0) is 29.3 Å². The van der Waals surface area contributed by atoms with Gasteiger partial charge in [-0.3, -0.25) is 9.59 Å². The van der Waals surface area contributed by atoms with Gasteiger partial charge < -0.3 is 25.4 Å². The number of hydrogen-bond acceptors (Lipinski definition) is 4. The van der Waals surface area contributed by atoms with Crippen LogP contribution in [-0.2, 0) is 22.4 Å². The molecule has 1 aliphatic heterocycles. The van der Waals surface area contributed by atoms with Gasteiger partial charge in [0.1, 0.15) is 11.8 Å². The number of aromatic hydroxyl groups is 1. The van der Waals surface area contributed by atoms with E-state index in [0.717, 1.165) is 16.5 Å². The standard InChI is InChI=1S/C21H21N3O4/c1-24-18(10-14-12-22-17-5-3-2-4-16(14)17)19(26)23-21(28,20(24)27)11-13-6-8-15(25)9-7-13/h2-9,12,18,22,25,28H,10-11H2,1H3,(H,23,26). The number of likely N-dealkylation sites (N-methyl/N-ethyl adjacent to an activating group) is 1. The molecule has 2 heterocycles. The Morgan fingerprint density at radius 1 is 1.11 bits per heavy atom. The maximum absolute atomic E-state index is 12.9. The third-order valence-corrected chi connectivity index (χ3v) is 5.26. The number of amides is 2. The highest BCUT2D eigenvalue weighted by atomic mass is 16.3. The van der Waals surface area contributed by atoms with Crippen molar-refractivity contribution in [3.8, 4) is 5.75 Å². The summed E-state index contributed by atoms with van der Waals surface area (Å²) in [4.78, 5) is 30.1. The summed E-state index contributed by atoms with van der Waals surface area (Å²) in [6, 6.07) is 13.2. The number of hydrogen-bond donors (Lipinski definition) is 4. The first-order chi connectivity index (χ1) is 13.4. The molecule has 7 heteroatoms. The van der Waals surface area contributed by atoms with Crippen LogP contribution in [0.2, 0.25) is 0 Å². The Bertz CT molecular complexity index is 1040. The maximum atomic E-state index is 12.9. The molecule has 4 rings (SSSR count). The lowest BCUT2D eigenvalue weighted by Gasteiger charge is -2.41. The second-order valence-corrected chi connectivity index (χ2v) is 7.19. The second-order valence-electron chi connectivity index (χ2n) is 7.19. The molecule has 2 amide bonds. The summed E-state index contributed by atoms with van der Waals surface area (Å²) in [5.41, 5.74) is 0.503. The molecule has 2 unspecified atom stereocenters. The Balaban J connectivity index is 1.56. The largest absolute Gasteiger partial charge is 0.508 e. The smallest absolute Gasteiger partial charge is 0.276 e. The number of carbonyl (C=O) groups excluding carboxylic acids is 2. The molecule has 0 aliphatic carbocycles. The van der Waals surface area contributed by atoms with Gasteiger partial charge in [-0.15, -0.1) is 0 Å². The van der Waals surface area contributed by atoms with Gasteiger partial charge in [-0.2, -0.15) is 0 Å². The van der Waals surface area contributed by atoms with Crippen molar-refractivity contribution in [3.63, 3.8) is 0 Å². The Morgan fingerprint density at radius 2 is 1.82 bits per heavy atom. The molecule has 4 N–H and O–H groups in total. The summed E-state index contributed by atoms with van der Waals surface area (Å²) < 4.78 is 0. The summed E-state index contributed by atoms with van der Waals surface area (Å²) >= 11 is 0. The van der Waals surface area contributed by atoms with Gasteiger partial charge in [0.2, 0.25) is 11.6 Å². The average Bonchev–Trinajstić information content (AvgIpc) is 3.08. The monoisotopic (exact) mass is 379 g/mol. The Hall–Kier alpha value is -3.32. The van der Waals surface area contributed by atoms with Crippen molar-refractivity contribution < 1.29 is 19.8 Å². The second kappa shape index (κ2) is 6.69. The topological polar surface area (TPSA) is 106 Å². The predicted octanol–water partition coefficient (Wildman–Crippen LogP) is 1.30. The lowest BCUT2D eigenvalue weighted by molar-refractivity contribution is -0.170. The van der Waals surface area contributed by atoms with Crippen LogP contribution in [0.1, 0.15) is 11.1 Å². The Kier molecular flexibility index (Phi) is 4.31. The summed E-state index contributed by atoms with van der Waals surface area (Å²) in [5.74, 6) is -0.885. The van der Waals surface area contributed by atoms with Crippen molar-refractivity contribution in [3.05, 3.63) is 65.9 Å². The molecule has 28 heavy (non-hydrogen) atoms. The first kappa shape index (κ1) is 18.1. The van der Waals surface area contributed by atoms with Crippen molar-refractivity contribution in [2.45, 2.75) is 24.6 Å². The van der Waals surface area contributed by atoms with E-state index >= 15 is 0 Å². The number of aromatic amines is 1. The molecule has 3 aromatic rings. The van der Waals surface area contributed by atoms with E-state index in [1.54, 1.807) is 12.1 Å². The minimum Gasteiger partial charge on any atom is -0.508 e. The molecule has 1 aliphatic rings. The number of phenolic OH excluding ortho intramolecular Hbond substituents is 1. The molecular weight excluding hydrogens is 358 g/mol. The number of benzene rings is 2. The normalized spacial score (nSPS) is 22.5. The van der Waals surface area contributed by atoms with Crippen molar-refractivity contribution in [2.75, 3.05) is 7.05 Å². The van der Waals surface area contributed by atoms with Gasteiger partial charge >= 0.3 is 0 Å². The minimum absolute atomic E-state index is 0.0814. The highest BCUT2D eigenvalue weighted by Crippen LogP contribution is 2.25. The van der Waals surface area contributed by atoms with Crippen LogP contribution < -0.4 is 5.32 Å². The molecular formula is C21H21N3O4. The Morgan fingerprint density at radius 3 is 2.57 bits per heavy atom. The zero-order valence-electron chi connectivity index (χ0n) is 15.3. The summed E-state index contributed by atoms with van der Waals surface area (Å²) in [7, 11) is 1.53. The third kappa shape index (κ3) is 3.10. The molecule has 7 nitrogen and oxygen atoms in total. The molecule has 0 spiro atoms. The minimum atomic E-state index is -2.01. The maximum Gasteiger partial charge on any atom is 0.276 e. The number of carbonyl (C=O) groups is 2. The fraction of sp³-hybridized carbons (Fsp3) is 0.238. The molecule has 144 valence electrons. The summed E-state index contributed by atoms with van der Waals surface area (Å²) in [5, 5.41) is 23.7. The van der Waals surface area contributed by atoms with Crippen LogP contribution in [0.15, 0.2) is 54.7 Å². The van der Waals surface area contributed by atoms with Crippen LogP contribution >= 0.6 is 0 Å². The van der Waals surface area contributed by atoms with E-state index in [4.69, 9.17) is 0 Å². The predicted molar refractivity (Wildman–Crippen MR) is 103 cm³/mol. The van der Waals surface area contributed by atoms with Gasteiger partial charge in [-0.1, -0.05) is 30.3 Å². The van der Waals surface area contributed by atoms with Gasteiger partial charge in [0, 0.05) is 37.0 Å². The molecule has 2 aromatic carbocycles. The van der Waals surface area contributed by atoms with Gasteiger partial charge in [0.25, 0.3) is 5.91 Å². The molecule has 0 radical (unpaired) electrons. The third-order valence-electron chi connectivity index (χ3n) is 5.26. The number of para-hydroxylation sites is 1. The molecule has 1 aromatic heterocycles. The van der Waals surface area contributed by atoms with Crippen molar-refractivity contribution in [1.29, 1.82) is 0 Å². The van der Waals surface area contributed by atoms with E-state index in [-0.39, 0.29) is 12.2 Å². The number of aliphatic hydroxyl groups is 1. The quantitative estimate of drug-likeness (QED) is 0.548. The number of fused-ring (bicyclic) bond motifs is 1. The van der Waals surface area contributed by atoms with E-state index in [2.05, 4.69) is 10.3 Å². The van der Waals surface area contributed by atoms with Crippen LogP contribution in [0.3, 0.4) is 0 Å². The van der Waals surface area contributed by atoms with E-state index in [0.29, 0.717) is 12.0 Å². The van der Waals surface area contributed by atoms with Crippen LogP contribution in [-0.4, -0.2) is 50.7 Å². The number of nitrogens with zero attached hydrogens (tertiary/aromatic N) is 1. The first-order valence-electron chi connectivity index (χ1n) is 9.02. The van der Waals surface area contributed by atoms with Crippen LogP contribution in [0, 0.1) is 0 Å². The Labute approximate surface area is 161 Å². The van der Waals surface area contributed by atoms with Crippen LogP contribution in [0.25, 0.3) is 10.9 Å². The van der Waals surface area contributed by atoms with E-state index in [1.807, 2.05) is 30.5 Å². The highest BCUT2D eigenvalue weighted by molar-refractivity contribution is 5.99. The number of phenols is 1. The molecule has 1 fully saturated rings. The SMILES string of the molecule is CN1C(=O)C(O)(Cc2ccc(O)cc2)NC(=O)C1Cc1c[nH]c2ccccc12. The van der Waals surface area contributed by atoms with Gasteiger partial charge in [0.15, 0.2) is 0 Å². The first-order valence-corrected chi connectivity index (χ1v) is 9.02. The summed E-state index contributed by atoms with van der Waals surface area (Å²) in [6.45, 7) is 0. The zero-order valence-corrected chi connectivity index (χ0v) is 15.3. The number of nitrogens with one attached hydrogen (secondary N) is 2. The number of aromatic nitrogens is 1. The number of rotatable bonds is 4. The van der Waals surface area contributed by atoms with Crippen LogP contribution in [0.4, 0.5) is 0 Å². The number of H-pyrrole nitrogens is 1. The summed E-state index contributed by atoms with van der Waals surface area (Å²) in [6.07, 6.45) is 2.10. The highest BCUT2D eigenvalue weighted by Gasteiger charge is 2.48. The van der Waals surface area contributed by atoms with Crippen LogP contribution in [0.5, 0.6) is 5.75 Å². The molecule has 0 saturated carbocycles. The lowest BCUT2D eigenvalue weighted by Crippen LogP contribution is -2.70. The van der Waals surface area contributed by atoms with Crippen molar-refractivity contribution in [2.24, 2.45) is 0 Å². The fourth-order valence-electron chi connectivity index (χ4n) is 3.72. The van der Waals surface area contributed by atoms with Gasteiger partial charge in [-0.25, -0.2) is 0 Å². The van der Waals surface area contributed by atoms with Crippen molar-refractivity contribution in [1.82, 2.24) is 15.2 Å². The lowest BCUT2D eigenvalue weighted by atomic mass is 9.94. The van der Waals surface area contributed by atoms with E-state index in [9.17, 15) is 19.8 Å². The van der Waals surface area contributed by atoms with Crippen molar-refractivity contribution >= 4 is 22.7 Å². The molecule has 2 atom stereocenters. The van der Waals surface area contributed by atoms with E-state index < -0.39 is 23.6 Å². The van der Waals surface area contributed by atoms with E-state index in [1.165, 1.54) is 24.1 Å². The molecule has 1 saturated heterocycles. The zero-order chi connectivity index (χ0) is 19.9. The number of piperazine rings is 1. The fourth-order valence-corrected chi connectivity index (χ4v) is 3.72. The molecule has 0 bridgehead atoms. The average molecular weight is 379 g/mol. The van der Waals surface area contributed by atoms with Gasteiger partial charge in [0.05, 0.1) is 0 Å².